The lowest BCUT2D eigenvalue weighted by Crippen LogP contribution is -2.25. The number of aryl methyl sites for hydroxylation is 2. The fraction of sp³-hybridized carbons (Fsp3) is 0.375. The molecule has 33 heavy (non-hydrogen) atoms. The minimum absolute atomic E-state index is 0.145. The van der Waals surface area contributed by atoms with E-state index in [0.717, 1.165) is 54.0 Å². The van der Waals surface area contributed by atoms with Crippen molar-refractivity contribution in [1.82, 2.24) is 5.32 Å². The number of carbonyl (C=O) groups excluding carboxylic acids is 1. The molecule has 0 bridgehead atoms. The highest BCUT2D eigenvalue weighted by Gasteiger charge is 2.30. The number of halogens is 5. The lowest BCUT2D eigenvalue weighted by molar-refractivity contribution is -0.137. The summed E-state index contributed by atoms with van der Waals surface area (Å²) in [5.41, 5.74) is 1.38. The lowest BCUT2D eigenvalue weighted by Gasteiger charge is -2.17. The van der Waals surface area contributed by atoms with E-state index in [-0.39, 0.29) is 16.7 Å². The van der Waals surface area contributed by atoms with Crippen LogP contribution in [0.3, 0.4) is 0 Å². The maximum absolute atomic E-state index is 12.6. The maximum atomic E-state index is 12.6. The van der Waals surface area contributed by atoms with Gasteiger partial charge < -0.3 is 14.8 Å². The predicted molar refractivity (Wildman–Crippen MR) is 124 cm³/mol. The van der Waals surface area contributed by atoms with Gasteiger partial charge >= 0.3 is 6.18 Å². The third kappa shape index (κ3) is 8.48. The Morgan fingerprint density at radius 1 is 1.03 bits per heavy atom. The molecule has 0 radical (unpaired) electrons. The first-order chi connectivity index (χ1) is 15.7. The second kappa shape index (κ2) is 12.8. The molecule has 2 aromatic carbocycles. The van der Waals surface area contributed by atoms with Gasteiger partial charge in [-0.15, -0.1) is 0 Å². The van der Waals surface area contributed by atoms with Crippen molar-refractivity contribution >= 4 is 29.1 Å². The van der Waals surface area contributed by atoms with Crippen LogP contribution < -0.4 is 14.8 Å². The number of rotatable bonds is 11. The second-order valence-corrected chi connectivity index (χ2v) is 8.12. The van der Waals surface area contributed by atoms with Crippen molar-refractivity contribution in [2.45, 2.75) is 39.3 Å². The van der Waals surface area contributed by atoms with Crippen molar-refractivity contribution in [3.8, 4) is 11.5 Å². The molecule has 9 heteroatoms. The molecule has 0 aliphatic rings. The van der Waals surface area contributed by atoms with E-state index in [0.29, 0.717) is 25.3 Å². The van der Waals surface area contributed by atoms with Crippen LogP contribution >= 0.6 is 23.2 Å². The van der Waals surface area contributed by atoms with Crippen LogP contribution in [0.25, 0.3) is 0 Å². The second-order valence-electron chi connectivity index (χ2n) is 7.12. The average molecular weight is 504 g/mol. The van der Waals surface area contributed by atoms with Crippen LogP contribution in [-0.2, 0) is 19.0 Å². The van der Waals surface area contributed by atoms with Crippen LogP contribution in [0.5, 0.6) is 11.5 Å². The first-order valence-corrected chi connectivity index (χ1v) is 11.3. The van der Waals surface area contributed by atoms with Crippen molar-refractivity contribution < 1.29 is 27.4 Å². The molecule has 1 amide bonds. The average Bonchev–Trinajstić information content (AvgIpc) is 2.78. The lowest BCUT2D eigenvalue weighted by atomic mass is 10.0. The van der Waals surface area contributed by atoms with E-state index in [1.807, 2.05) is 26.0 Å². The van der Waals surface area contributed by atoms with Gasteiger partial charge in [0, 0.05) is 12.1 Å². The van der Waals surface area contributed by atoms with Crippen LogP contribution in [0.4, 0.5) is 13.2 Å². The highest BCUT2D eigenvalue weighted by atomic mass is 35.5. The van der Waals surface area contributed by atoms with Gasteiger partial charge in [0.1, 0.15) is 22.6 Å². The summed E-state index contributed by atoms with van der Waals surface area (Å²) in [7, 11) is 0. The zero-order valence-electron chi connectivity index (χ0n) is 18.4. The molecule has 0 saturated carbocycles. The van der Waals surface area contributed by atoms with Gasteiger partial charge in [0.15, 0.2) is 0 Å². The number of hydrogen-bond acceptors (Lipinski definition) is 3. The Kier molecular flexibility index (Phi) is 10.4. The molecule has 0 saturated heterocycles. The number of nitrogens with one attached hydrogen (secondary N) is 1. The molecular weight excluding hydrogens is 478 g/mol. The number of benzene rings is 2. The van der Waals surface area contributed by atoms with Crippen molar-refractivity contribution in [3.63, 3.8) is 0 Å². The quantitative estimate of drug-likeness (QED) is 0.346. The molecule has 2 aromatic rings. The molecule has 0 fully saturated rings. The van der Waals surface area contributed by atoms with Gasteiger partial charge in [-0.05, 0) is 72.9 Å². The Morgan fingerprint density at radius 2 is 1.64 bits per heavy atom. The first kappa shape index (κ1) is 26.9. The van der Waals surface area contributed by atoms with Crippen molar-refractivity contribution in [3.05, 3.63) is 69.2 Å². The normalized spacial score (nSPS) is 11.1. The fourth-order valence-electron chi connectivity index (χ4n) is 3.08. The number of carbonyl (C=O) groups is 1. The van der Waals surface area contributed by atoms with Gasteiger partial charge in [-0.3, -0.25) is 4.79 Å². The minimum atomic E-state index is -4.43. The molecule has 180 valence electrons. The van der Waals surface area contributed by atoms with Gasteiger partial charge in [-0.2, -0.15) is 13.2 Å². The number of hydrogen-bond donors (Lipinski definition) is 1. The monoisotopic (exact) mass is 503 g/mol. The molecule has 0 aromatic heterocycles. The molecule has 0 heterocycles. The van der Waals surface area contributed by atoms with Crippen LogP contribution in [0.1, 0.15) is 47.3 Å². The third-order valence-corrected chi connectivity index (χ3v) is 5.10. The minimum Gasteiger partial charge on any atom is -0.493 e. The summed E-state index contributed by atoms with van der Waals surface area (Å²) in [5, 5.41) is 2.69. The fourth-order valence-corrected chi connectivity index (χ4v) is 3.20. The molecule has 4 nitrogen and oxygen atoms in total. The summed E-state index contributed by atoms with van der Waals surface area (Å²) in [6.07, 6.45) is -0.841. The molecule has 0 atom stereocenters. The summed E-state index contributed by atoms with van der Waals surface area (Å²) < 4.78 is 49.7. The van der Waals surface area contributed by atoms with Crippen molar-refractivity contribution in [2.75, 3.05) is 19.8 Å². The maximum Gasteiger partial charge on any atom is 0.416 e. The molecule has 1 N–H and O–H groups in total. The zero-order chi connectivity index (χ0) is 24.4. The van der Waals surface area contributed by atoms with Crippen molar-refractivity contribution in [2.24, 2.45) is 0 Å². The largest absolute Gasteiger partial charge is 0.493 e. The third-order valence-electron chi connectivity index (χ3n) is 4.79. The Morgan fingerprint density at radius 3 is 2.15 bits per heavy atom. The molecular formula is C24H26Cl2F3NO3. The summed E-state index contributed by atoms with van der Waals surface area (Å²) in [6, 6.07) is 7.94. The van der Waals surface area contributed by atoms with Gasteiger partial charge in [-0.1, -0.05) is 37.0 Å². The van der Waals surface area contributed by atoms with E-state index >= 15 is 0 Å². The Balaban J connectivity index is 1.89. The Labute approximate surface area is 201 Å². The van der Waals surface area contributed by atoms with E-state index in [9.17, 15) is 18.0 Å². The van der Waals surface area contributed by atoms with Gasteiger partial charge in [0.05, 0.1) is 12.2 Å². The van der Waals surface area contributed by atoms with Crippen LogP contribution in [0.15, 0.2) is 47.0 Å². The van der Waals surface area contributed by atoms with Crippen LogP contribution in [0.2, 0.25) is 0 Å². The van der Waals surface area contributed by atoms with E-state index in [1.165, 1.54) is 0 Å². The van der Waals surface area contributed by atoms with Crippen molar-refractivity contribution in [1.29, 1.82) is 0 Å². The first-order valence-electron chi connectivity index (χ1n) is 10.5. The summed E-state index contributed by atoms with van der Waals surface area (Å²) in [5.74, 6) is 1.07. The van der Waals surface area contributed by atoms with E-state index in [4.69, 9.17) is 32.7 Å². The van der Waals surface area contributed by atoms with Gasteiger partial charge in [-0.25, -0.2) is 0 Å². The number of amides is 1. The van der Waals surface area contributed by atoms with Crippen LogP contribution in [-0.4, -0.2) is 25.7 Å². The smallest absolute Gasteiger partial charge is 0.416 e. The molecule has 0 aliphatic carbocycles. The predicted octanol–water partition coefficient (Wildman–Crippen LogP) is 6.73. The van der Waals surface area contributed by atoms with E-state index in [1.54, 1.807) is 6.08 Å². The zero-order valence-corrected chi connectivity index (χ0v) is 19.9. The Bertz CT molecular complexity index is 931. The molecule has 0 spiro atoms. The number of ether oxygens (including phenoxy) is 2. The van der Waals surface area contributed by atoms with Crippen LogP contribution in [0, 0.1) is 0 Å². The molecule has 0 unspecified atom stereocenters. The van der Waals surface area contributed by atoms with Gasteiger partial charge in [0.25, 0.3) is 5.91 Å². The van der Waals surface area contributed by atoms with E-state index in [2.05, 4.69) is 5.32 Å². The topological polar surface area (TPSA) is 47.6 Å². The summed E-state index contributed by atoms with van der Waals surface area (Å²) >= 11 is 11.2. The molecule has 2 rings (SSSR count). The summed E-state index contributed by atoms with van der Waals surface area (Å²) in [6.45, 7) is 5.00. The summed E-state index contributed by atoms with van der Waals surface area (Å²) in [4.78, 5) is 12.1. The highest BCUT2D eigenvalue weighted by Crippen LogP contribution is 2.31. The number of alkyl halides is 3. The van der Waals surface area contributed by atoms with Gasteiger partial charge in [0.2, 0.25) is 0 Å². The SMILES string of the molecule is CCc1cc(OCC=C(Cl)Cl)cc(CC)c1OCCCNC(=O)c1ccc(C(F)(F)F)cc1. The van der Waals surface area contributed by atoms with E-state index < -0.39 is 17.6 Å². The molecule has 0 aliphatic heterocycles. The highest BCUT2D eigenvalue weighted by molar-refractivity contribution is 6.55. The standard InChI is InChI=1S/C24H26Cl2F3NO3/c1-3-16-14-20(32-13-10-21(25)26)15-17(4-2)22(16)33-12-5-11-30-23(31)18-6-8-19(9-7-18)24(27,28)29/h6-10,14-15H,3-5,11-13H2,1-2H3,(H,30,31). The Hall–Kier alpha value is -2.38.